The van der Waals surface area contributed by atoms with Crippen molar-refractivity contribution in [3.63, 3.8) is 0 Å². The number of halogens is 1. The molecule has 1 aliphatic rings. The molecule has 74 valence electrons. The zero-order valence-electron chi connectivity index (χ0n) is 7.39. The molecule has 0 unspecified atom stereocenters. The molecule has 6 heteroatoms. The molecule has 0 radical (unpaired) electrons. The second-order valence-corrected chi connectivity index (χ2v) is 3.62. The topological polar surface area (TPSA) is 67.4 Å². The van der Waals surface area contributed by atoms with E-state index < -0.39 is 23.0 Å². The number of imide groups is 1. The quantitative estimate of drug-likeness (QED) is 0.634. The first kappa shape index (κ1) is 10.3. The summed E-state index contributed by atoms with van der Waals surface area (Å²) in [6.45, 7) is 3.62. The molecule has 13 heavy (non-hydrogen) atoms. The van der Waals surface area contributed by atoms with Crippen LogP contribution in [0.5, 0.6) is 0 Å². The molecule has 0 aromatic carbocycles. The van der Waals surface area contributed by atoms with Gasteiger partial charge in [-0.25, -0.2) is 4.79 Å². The molecule has 0 aromatic heterocycles. The standard InChI is InChI=1S/C7H11ClN2O3/c1-3-13-5-7(2,8)4(11)9-6(12)10-5/h5H,3H2,1-2H3,(H2,9,10,11,12)/t5-,7-/m1/s1. The van der Waals surface area contributed by atoms with Crippen LogP contribution < -0.4 is 10.6 Å². The van der Waals surface area contributed by atoms with Crippen LogP contribution in [0, 0.1) is 0 Å². The average Bonchev–Trinajstić information content (AvgIpc) is 2.01. The van der Waals surface area contributed by atoms with Crippen molar-refractivity contribution in [2.75, 3.05) is 6.61 Å². The van der Waals surface area contributed by atoms with Gasteiger partial charge in [-0.2, -0.15) is 0 Å². The molecule has 0 spiro atoms. The number of alkyl halides is 1. The second-order valence-electron chi connectivity index (χ2n) is 2.84. The lowest BCUT2D eigenvalue weighted by molar-refractivity contribution is -0.129. The van der Waals surface area contributed by atoms with E-state index in [1.54, 1.807) is 6.92 Å². The molecular weight excluding hydrogens is 196 g/mol. The SMILES string of the molecule is CCO[C@H]1NC(=O)NC(=O)[C@@]1(C)Cl. The highest BCUT2D eigenvalue weighted by Crippen LogP contribution is 2.23. The van der Waals surface area contributed by atoms with Crippen molar-refractivity contribution < 1.29 is 14.3 Å². The van der Waals surface area contributed by atoms with Crippen molar-refractivity contribution in [1.82, 2.24) is 10.6 Å². The van der Waals surface area contributed by atoms with Crippen LogP contribution in [0.3, 0.4) is 0 Å². The Hall–Kier alpha value is -0.810. The van der Waals surface area contributed by atoms with E-state index in [9.17, 15) is 9.59 Å². The summed E-state index contributed by atoms with van der Waals surface area (Å²) in [4.78, 5) is 20.8. The zero-order chi connectivity index (χ0) is 10.1. The highest BCUT2D eigenvalue weighted by atomic mass is 35.5. The first-order chi connectivity index (χ1) is 5.98. The van der Waals surface area contributed by atoms with Crippen LogP contribution >= 0.6 is 11.6 Å². The predicted octanol–water partition coefficient (Wildman–Crippen LogP) is 0.186. The van der Waals surface area contributed by atoms with E-state index in [0.717, 1.165) is 0 Å². The fourth-order valence-electron chi connectivity index (χ4n) is 1.000. The van der Waals surface area contributed by atoms with E-state index in [4.69, 9.17) is 16.3 Å². The first-order valence-corrected chi connectivity index (χ1v) is 4.28. The van der Waals surface area contributed by atoms with Gasteiger partial charge in [-0.05, 0) is 13.8 Å². The number of amides is 3. The first-order valence-electron chi connectivity index (χ1n) is 3.91. The van der Waals surface area contributed by atoms with Crippen LogP contribution in [0.4, 0.5) is 4.79 Å². The van der Waals surface area contributed by atoms with E-state index in [1.165, 1.54) is 6.92 Å². The Kier molecular flexibility index (Phi) is 2.77. The van der Waals surface area contributed by atoms with Crippen LogP contribution in [-0.4, -0.2) is 29.6 Å². The minimum absolute atomic E-state index is 0.376. The molecule has 0 saturated carbocycles. The van der Waals surface area contributed by atoms with Gasteiger partial charge in [-0.1, -0.05) is 0 Å². The molecule has 1 rings (SSSR count). The summed E-state index contributed by atoms with van der Waals surface area (Å²) in [5.74, 6) is -0.545. The third-order valence-electron chi connectivity index (χ3n) is 1.76. The molecule has 2 atom stereocenters. The monoisotopic (exact) mass is 206 g/mol. The van der Waals surface area contributed by atoms with Gasteiger partial charge in [0.1, 0.15) is 0 Å². The maximum atomic E-state index is 11.2. The maximum absolute atomic E-state index is 11.2. The Morgan fingerprint density at radius 3 is 2.77 bits per heavy atom. The number of ether oxygens (including phenoxy) is 1. The highest BCUT2D eigenvalue weighted by Gasteiger charge is 2.45. The minimum Gasteiger partial charge on any atom is -0.356 e. The molecule has 1 fully saturated rings. The van der Waals surface area contributed by atoms with Gasteiger partial charge in [0.2, 0.25) is 0 Å². The van der Waals surface area contributed by atoms with E-state index in [1.807, 2.05) is 0 Å². The van der Waals surface area contributed by atoms with E-state index in [-0.39, 0.29) is 0 Å². The molecule has 0 aromatic rings. The zero-order valence-corrected chi connectivity index (χ0v) is 8.14. The summed E-state index contributed by atoms with van der Waals surface area (Å²) in [7, 11) is 0. The van der Waals surface area contributed by atoms with Crippen molar-refractivity contribution >= 4 is 23.5 Å². The van der Waals surface area contributed by atoms with Gasteiger partial charge < -0.3 is 10.1 Å². The summed E-state index contributed by atoms with van der Waals surface area (Å²) >= 11 is 5.88. The largest absolute Gasteiger partial charge is 0.356 e. The van der Waals surface area contributed by atoms with Crippen LogP contribution in [0.25, 0.3) is 0 Å². The fraction of sp³-hybridized carbons (Fsp3) is 0.714. The van der Waals surface area contributed by atoms with Gasteiger partial charge in [0, 0.05) is 6.61 Å². The summed E-state index contributed by atoms with van der Waals surface area (Å²) < 4.78 is 5.11. The molecule has 3 amide bonds. The third-order valence-corrected chi connectivity index (χ3v) is 2.13. The molecule has 5 nitrogen and oxygen atoms in total. The lowest BCUT2D eigenvalue weighted by Gasteiger charge is -2.34. The van der Waals surface area contributed by atoms with Gasteiger partial charge in [-0.3, -0.25) is 10.1 Å². The molecule has 0 bridgehead atoms. The van der Waals surface area contributed by atoms with Crippen LogP contribution in [0.1, 0.15) is 13.8 Å². The molecule has 0 aliphatic carbocycles. The molecule has 1 heterocycles. The second kappa shape index (κ2) is 3.51. The average molecular weight is 207 g/mol. The summed E-state index contributed by atoms with van der Waals surface area (Å²) in [5.41, 5.74) is 0. The number of hydrogen-bond acceptors (Lipinski definition) is 3. The lowest BCUT2D eigenvalue weighted by Crippen LogP contribution is -2.65. The number of urea groups is 1. The van der Waals surface area contributed by atoms with Gasteiger partial charge in [-0.15, -0.1) is 11.6 Å². The van der Waals surface area contributed by atoms with Crippen molar-refractivity contribution in [2.24, 2.45) is 0 Å². The number of carbonyl (C=O) groups is 2. The highest BCUT2D eigenvalue weighted by molar-refractivity contribution is 6.36. The van der Waals surface area contributed by atoms with Gasteiger partial charge >= 0.3 is 6.03 Å². The predicted molar refractivity (Wildman–Crippen MR) is 46.3 cm³/mol. The normalized spacial score (nSPS) is 33.9. The fourth-order valence-corrected chi connectivity index (χ4v) is 1.16. The third kappa shape index (κ3) is 1.92. The van der Waals surface area contributed by atoms with Crippen molar-refractivity contribution in [3.05, 3.63) is 0 Å². The van der Waals surface area contributed by atoms with Crippen molar-refractivity contribution in [1.29, 1.82) is 0 Å². The minimum atomic E-state index is -1.25. The number of hydrogen-bond donors (Lipinski definition) is 2. The molecule has 2 N–H and O–H groups in total. The Labute approximate surface area is 80.8 Å². The van der Waals surface area contributed by atoms with Crippen LogP contribution in [0.15, 0.2) is 0 Å². The Morgan fingerprint density at radius 2 is 2.23 bits per heavy atom. The van der Waals surface area contributed by atoms with Gasteiger partial charge in [0.05, 0.1) is 0 Å². The molecular formula is C7H11ClN2O3. The van der Waals surface area contributed by atoms with Crippen LogP contribution in [0.2, 0.25) is 0 Å². The summed E-state index contributed by atoms with van der Waals surface area (Å²) in [6, 6.07) is -0.582. The maximum Gasteiger partial charge on any atom is 0.323 e. The van der Waals surface area contributed by atoms with Gasteiger partial charge in [0.15, 0.2) is 11.1 Å². The van der Waals surface area contributed by atoms with E-state index in [0.29, 0.717) is 6.61 Å². The molecule has 1 aliphatic heterocycles. The Balaban J connectivity index is 2.78. The molecule has 1 saturated heterocycles. The number of rotatable bonds is 2. The van der Waals surface area contributed by atoms with Crippen LogP contribution in [-0.2, 0) is 9.53 Å². The van der Waals surface area contributed by atoms with Crippen molar-refractivity contribution in [3.8, 4) is 0 Å². The summed E-state index contributed by atoms with van der Waals surface area (Å²) in [6.07, 6.45) is -0.777. The van der Waals surface area contributed by atoms with Gasteiger partial charge in [0.25, 0.3) is 5.91 Å². The van der Waals surface area contributed by atoms with E-state index >= 15 is 0 Å². The smallest absolute Gasteiger partial charge is 0.323 e. The van der Waals surface area contributed by atoms with Crippen molar-refractivity contribution in [2.45, 2.75) is 24.9 Å². The number of nitrogens with one attached hydrogen (secondary N) is 2. The Bertz CT molecular complexity index is 242. The summed E-state index contributed by atoms with van der Waals surface area (Å²) in [5, 5.41) is 4.47. The number of carbonyl (C=O) groups excluding carboxylic acids is 2. The lowest BCUT2D eigenvalue weighted by atomic mass is 10.1. The van der Waals surface area contributed by atoms with E-state index in [2.05, 4.69) is 10.6 Å². The Morgan fingerprint density at radius 1 is 1.62 bits per heavy atom.